The van der Waals surface area contributed by atoms with Crippen molar-refractivity contribution in [1.29, 1.82) is 0 Å². The average Bonchev–Trinajstić information content (AvgIpc) is 2.65. The molecular formula is C10H13N5. The Morgan fingerprint density at radius 3 is 2.93 bits per heavy atom. The van der Waals surface area contributed by atoms with Gasteiger partial charge in [0.25, 0.3) is 0 Å². The summed E-state index contributed by atoms with van der Waals surface area (Å²) < 4.78 is 2.03. The highest BCUT2D eigenvalue weighted by molar-refractivity contribution is 5.41. The molecule has 5 nitrogen and oxygen atoms in total. The molecule has 0 saturated carbocycles. The number of aryl methyl sites for hydroxylation is 1. The minimum Gasteiger partial charge on any atom is -0.329 e. The number of pyridine rings is 1. The van der Waals surface area contributed by atoms with Crippen molar-refractivity contribution in [2.45, 2.75) is 13.5 Å². The van der Waals surface area contributed by atoms with Gasteiger partial charge in [-0.1, -0.05) is 0 Å². The molecule has 2 aromatic heterocycles. The molecule has 2 rings (SSSR count). The molecule has 0 aliphatic heterocycles. The van der Waals surface area contributed by atoms with Gasteiger partial charge in [0.1, 0.15) is 5.82 Å². The number of aromatic nitrogens is 3. The van der Waals surface area contributed by atoms with Crippen molar-refractivity contribution in [2.75, 3.05) is 5.43 Å². The molecule has 0 aliphatic carbocycles. The second kappa shape index (κ2) is 4.10. The molecule has 0 amide bonds. The average molecular weight is 203 g/mol. The summed E-state index contributed by atoms with van der Waals surface area (Å²) in [6.45, 7) is 2.67. The Labute approximate surface area is 87.9 Å². The van der Waals surface area contributed by atoms with Gasteiger partial charge in [-0.25, -0.2) is 4.98 Å². The second-order valence-corrected chi connectivity index (χ2v) is 3.28. The number of nitrogens with two attached hydrogens (primary N) is 1. The monoisotopic (exact) mass is 203 g/mol. The van der Waals surface area contributed by atoms with Gasteiger partial charge in [0, 0.05) is 18.6 Å². The molecule has 0 atom stereocenters. The molecule has 78 valence electrons. The zero-order valence-electron chi connectivity index (χ0n) is 8.51. The van der Waals surface area contributed by atoms with Crippen LogP contribution in [0.4, 0.5) is 5.69 Å². The third-order valence-electron chi connectivity index (χ3n) is 2.24. The smallest absolute Gasteiger partial charge is 0.105 e. The number of imidazole rings is 1. The van der Waals surface area contributed by atoms with E-state index in [0.717, 1.165) is 17.2 Å². The quantitative estimate of drug-likeness (QED) is 0.575. The number of rotatable bonds is 3. The molecule has 0 saturated heterocycles. The molecule has 2 aromatic rings. The van der Waals surface area contributed by atoms with Gasteiger partial charge in [-0.2, -0.15) is 0 Å². The highest BCUT2D eigenvalue weighted by atomic mass is 15.2. The van der Waals surface area contributed by atoms with Gasteiger partial charge in [-0.3, -0.25) is 10.8 Å². The van der Waals surface area contributed by atoms with Crippen molar-refractivity contribution >= 4 is 5.69 Å². The molecule has 0 fully saturated rings. The van der Waals surface area contributed by atoms with Crippen LogP contribution in [0.5, 0.6) is 0 Å². The lowest BCUT2D eigenvalue weighted by Gasteiger charge is -2.06. The molecule has 0 aromatic carbocycles. The Balaban J connectivity index is 2.21. The van der Waals surface area contributed by atoms with Crippen molar-refractivity contribution in [3.8, 4) is 0 Å². The second-order valence-electron chi connectivity index (χ2n) is 3.28. The number of hydrogen-bond acceptors (Lipinski definition) is 4. The van der Waals surface area contributed by atoms with Crippen LogP contribution in [0.15, 0.2) is 30.7 Å². The molecule has 3 N–H and O–H groups in total. The van der Waals surface area contributed by atoms with Crippen LogP contribution < -0.4 is 11.3 Å². The molecule has 0 radical (unpaired) electrons. The first-order valence-corrected chi connectivity index (χ1v) is 4.69. The van der Waals surface area contributed by atoms with Crippen molar-refractivity contribution in [3.63, 3.8) is 0 Å². The van der Waals surface area contributed by atoms with E-state index in [1.807, 2.05) is 29.8 Å². The van der Waals surface area contributed by atoms with Crippen molar-refractivity contribution < 1.29 is 0 Å². The molecule has 2 heterocycles. The van der Waals surface area contributed by atoms with E-state index >= 15 is 0 Å². The zero-order chi connectivity index (χ0) is 10.7. The maximum atomic E-state index is 5.33. The van der Waals surface area contributed by atoms with Gasteiger partial charge in [0.15, 0.2) is 0 Å². The summed E-state index contributed by atoms with van der Waals surface area (Å²) in [5.74, 6) is 6.30. The standard InChI is InChI=1S/C10H13N5/c1-8-12-4-5-15(8)7-10-6-9(14-11)2-3-13-10/h2-6H,7,11H2,1H3,(H,13,14). The largest absolute Gasteiger partial charge is 0.329 e. The summed E-state index contributed by atoms with van der Waals surface area (Å²) in [4.78, 5) is 8.41. The van der Waals surface area contributed by atoms with Crippen LogP contribution in [-0.4, -0.2) is 14.5 Å². The van der Waals surface area contributed by atoms with Crippen LogP contribution in [0.2, 0.25) is 0 Å². The fourth-order valence-electron chi connectivity index (χ4n) is 1.40. The topological polar surface area (TPSA) is 68.8 Å². The van der Waals surface area contributed by atoms with Crippen LogP contribution in [0.3, 0.4) is 0 Å². The Kier molecular flexibility index (Phi) is 2.64. The van der Waals surface area contributed by atoms with Gasteiger partial charge in [-0.15, -0.1) is 0 Å². The Morgan fingerprint density at radius 1 is 1.40 bits per heavy atom. The van der Waals surface area contributed by atoms with Crippen LogP contribution in [0, 0.1) is 6.92 Å². The SMILES string of the molecule is Cc1nccn1Cc1cc(NN)ccn1. The van der Waals surface area contributed by atoms with E-state index < -0.39 is 0 Å². The van der Waals surface area contributed by atoms with Crippen LogP contribution >= 0.6 is 0 Å². The number of hydrazine groups is 1. The molecule has 0 spiro atoms. The number of nitrogen functional groups attached to an aromatic ring is 1. The summed E-state index contributed by atoms with van der Waals surface area (Å²) in [6, 6.07) is 3.74. The molecule has 0 aliphatic rings. The van der Waals surface area contributed by atoms with E-state index in [2.05, 4.69) is 15.4 Å². The number of anilines is 1. The van der Waals surface area contributed by atoms with Crippen LogP contribution in [0.1, 0.15) is 11.5 Å². The van der Waals surface area contributed by atoms with Gasteiger partial charge < -0.3 is 9.99 Å². The first-order valence-electron chi connectivity index (χ1n) is 4.69. The van der Waals surface area contributed by atoms with E-state index in [4.69, 9.17) is 5.84 Å². The van der Waals surface area contributed by atoms with E-state index in [9.17, 15) is 0 Å². The van der Waals surface area contributed by atoms with E-state index in [1.54, 1.807) is 12.4 Å². The summed E-state index contributed by atoms with van der Waals surface area (Å²) >= 11 is 0. The first-order chi connectivity index (χ1) is 7.29. The van der Waals surface area contributed by atoms with Crippen LogP contribution in [-0.2, 0) is 6.54 Å². The lowest BCUT2D eigenvalue weighted by atomic mass is 10.3. The Hall–Kier alpha value is -1.88. The zero-order valence-corrected chi connectivity index (χ0v) is 8.51. The Bertz CT molecular complexity index is 449. The van der Waals surface area contributed by atoms with E-state index in [0.29, 0.717) is 6.54 Å². The minimum atomic E-state index is 0.710. The maximum absolute atomic E-state index is 5.33. The highest BCUT2D eigenvalue weighted by Gasteiger charge is 2.00. The van der Waals surface area contributed by atoms with E-state index in [1.165, 1.54) is 0 Å². The predicted molar refractivity (Wildman–Crippen MR) is 58.1 cm³/mol. The first kappa shape index (κ1) is 9.67. The summed E-state index contributed by atoms with van der Waals surface area (Å²) in [5.41, 5.74) is 4.41. The Morgan fingerprint density at radius 2 is 2.27 bits per heavy atom. The van der Waals surface area contributed by atoms with Crippen molar-refractivity contribution in [2.24, 2.45) is 5.84 Å². The number of nitrogens with zero attached hydrogens (tertiary/aromatic N) is 3. The molecule has 15 heavy (non-hydrogen) atoms. The minimum absolute atomic E-state index is 0.710. The number of hydrogen-bond donors (Lipinski definition) is 2. The summed E-state index contributed by atoms with van der Waals surface area (Å²) in [6.07, 6.45) is 5.44. The van der Waals surface area contributed by atoms with Crippen molar-refractivity contribution in [1.82, 2.24) is 14.5 Å². The summed E-state index contributed by atoms with van der Waals surface area (Å²) in [7, 11) is 0. The third kappa shape index (κ3) is 2.13. The molecule has 0 unspecified atom stereocenters. The van der Waals surface area contributed by atoms with Crippen molar-refractivity contribution in [3.05, 3.63) is 42.2 Å². The summed E-state index contributed by atoms with van der Waals surface area (Å²) in [5, 5.41) is 0. The lowest BCUT2D eigenvalue weighted by molar-refractivity contribution is 0.742. The maximum Gasteiger partial charge on any atom is 0.105 e. The fraction of sp³-hybridized carbons (Fsp3) is 0.200. The molecule has 0 bridgehead atoms. The highest BCUT2D eigenvalue weighted by Crippen LogP contribution is 2.08. The van der Waals surface area contributed by atoms with Gasteiger partial charge in [-0.05, 0) is 19.1 Å². The fourth-order valence-corrected chi connectivity index (χ4v) is 1.40. The molecule has 5 heteroatoms. The predicted octanol–water partition coefficient (Wildman–Crippen LogP) is 0.920. The van der Waals surface area contributed by atoms with Gasteiger partial charge >= 0.3 is 0 Å². The van der Waals surface area contributed by atoms with Crippen LogP contribution in [0.25, 0.3) is 0 Å². The number of nitrogens with one attached hydrogen (secondary N) is 1. The van der Waals surface area contributed by atoms with Gasteiger partial charge in [0.2, 0.25) is 0 Å². The van der Waals surface area contributed by atoms with E-state index in [-0.39, 0.29) is 0 Å². The molecular weight excluding hydrogens is 190 g/mol. The normalized spacial score (nSPS) is 10.3. The third-order valence-corrected chi connectivity index (χ3v) is 2.24. The van der Waals surface area contributed by atoms with Gasteiger partial charge in [0.05, 0.1) is 17.9 Å². The lowest BCUT2D eigenvalue weighted by Crippen LogP contribution is -2.08.